The molecule has 0 spiro atoms. The number of hydrogen-bond acceptors (Lipinski definition) is 1. The third kappa shape index (κ3) is 2.31. The lowest BCUT2D eigenvalue weighted by Gasteiger charge is -2.10. The summed E-state index contributed by atoms with van der Waals surface area (Å²) in [6.45, 7) is 9.23. The molecule has 1 N–H and O–H groups in total. The quantitative estimate of drug-likeness (QED) is 0.733. The summed E-state index contributed by atoms with van der Waals surface area (Å²) in [6.07, 6.45) is 0. The van der Waals surface area contributed by atoms with Crippen LogP contribution in [-0.2, 0) is 0 Å². The molecule has 0 unspecified atom stereocenters. The van der Waals surface area contributed by atoms with Gasteiger partial charge in [-0.15, -0.1) is 0 Å². The van der Waals surface area contributed by atoms with Crippen molar-refractivity contribution in [3.63, 3.8) is 0 Å². The lowest BCUT2D eigenvalue weighted by molar-refractivity contribution is 0.629. The molecule has 1 rings (SSSR count). The summed E-state index contributed by atoms with van der Waals surface area (Å²) >= 11 is 0. The van der Waals surface area contributed by atoms with E-state index < -0.39 is 0 Å². The first-order valence-electron chi connectivity index (χ1n) is 4.20. The third-order valence-electron chi connectivity index (χ3n) is 1.77. The van der Waals surface area contributed by atoms with E-state index in [1.54, 1.807) is 6.92 Å². The molecular formula is C11H14FN. The van der Waals surface area contributed by atoms with E-state index in [9.17, 15) is 4.39 Å². The molecule has 0 amide bonds. The standard InChI is InChI=1S/C11H14FN/c1-7(2)13-11-9(4)5-8(3)6-10(11)12/h5-6,13H,1H2,2-4H3. The number of allylic oxidation sites excluding steroid dienone is 1. The molecule has 0 aliphatic carbocycles. The van der Waals surface area contributed by atoms with Gasteiger partial charge in [-0.2, -0.15) is 0 Å². The Kier molecular flexibility index (Phi) is 2.71. The van der Waals surface area contributed by atoms with Crippen molar-refractivity contribution in [3.8, 4) is 0 Å². The number of anilines is 1. The van der Waals surface area contributed by atoms with Gasteiger partial charge in [-0.3, -0.25) is 0 Å². The van der Waals surface area contributed by atoms with Gasteiger partial charge in [0, 0.05) is 5.70 Å². The van der Waals surface area contributed by atoms with Crippen molar-refractivity contribution in [1.29, 1.82) is 0 Å². The molecule has 0 saturated heterocycles. The Morgan fingerprint density at radius 2 is 2.00 bits per heavy atom. The smallest absolute Gasteiger partial charge is 0.147 e. The van der Waals surface area contributed by atoms with E-state index in [1.807, 2.05) is 19.9 Å². The van der Waals surface area contributed by atoms with E-state index in [4.69, 9.17) is 0 Å². The van der Waals surface area contributed by atoms with Crippen LogP contribution in [0, 0.1) is 19.7 Å². The molecule has 0 heterocycles. The van der Waals surface area contributed by atoms with Crippen LogP contribution in [0.25, 0.3) is 0 Å². The molecule has 2 heteroatoms. The summed E-state index contributed by atoms with van der Waals surface area (Å²) in [5.41, 5.74) is 3.10. The maximum Gasteiger partial charge on any atom is 0.147 e. The zero-order valence-corrected chi connectivity index (χ0v) is 8.24. The van der Waals surface area contributed by atoms with Crippen molar-refractivity contribution in [2.24, 2.45) is 0 Å². The van der Waals surface area contributed by atoms with E-state index >= 15 is 0 Å². The van der Waals surface area contributed by atoms with Gasteiger partial charge in [-0.05, 0) is 38.0 Å². The molecule has 0 bridgehead atoms. The Bertz CT molecular complexity index is 319. The molecule has 0 saturated carbocycles. The average Bonchev–Trinajstić information content (AvgIpc) is 1.96. The molecule has 0 radical (unpaired) electrons. The van der Waals surface area contributed by atoms with Gasteiger partial charge in [0.15, 0.2) is 0 Å². The highest BCUT2D eigenvalue weighted by molar-refractivity contribution is 5.56. The first-order valence-corrected chi connectivity index (χ1v) is 4.20. The highest BCUT2D eigenvalue weighted by Gasteiger charge is 2.05. The average molecular weight is 179 g/mol. The SMILES string of the molecule is C=C(C)Nc1c(C)cc(C)cc1F. The van der Waals surface area contributed by atoms with Crippen LogP contribution in [0.15, 0.2) is 24.4 Å². The molecular weight excluding hydrogens is 165 g/mol. The second kappa shape index (κ2) is 3.60. The lowest BCUT2D eigenvalue weighted by atomic mass is 10.1. The zero-order valence-electron chi connectivity index (χ0n) is 8.24. The van der Waals surface area contributed by atoms with Gasteiger partial charge in [0.2, 0.25) is 0 Å². The molecule has 0 atom stereocenters. The topological polar surface area (TPSA) is 12.0 Å². The third-order valence-corrected chi connectivity index (χ3v) is 1.77. The summed E-state index contributed by atoms with van der Waals surface area (Å²) in [4.78, 5) is 0. The predicted molar refractivity (Wildman–Crippen MR) is 54.3 cm³/mol. The van der Waals surface area contributed by atoms with Crippen molar-refractivity contribution in [3.05, 3.63) is 41.4 Å². The molecule has 0 fully saturated rings. The number of halogens is 1. The van der Waals surface area contributed by atoms with E-state index in [-0.39, 0.29) is 5.82 Å². The van der Waals surface area contributed by atoms with E-state index in [0.29, 0.717) is 5.69 Å². The van der Waals surface area contributed by atoms with Crippen LogP contribution in [0.5, 0.6) is 0 Å². The van der Waals surface area contributed by atoms with Crippen molar-refractivity contribution in [2.45, 2.75) is 20.8 Å². The van der Waals surface area contributed by atoms with E-state index in [0.717, 1.165) is 16.8 Å². The number of hydrogen-bond donors (Lipinski definition) is 1. The van der Waals surface area contributed by atoms with Gasteiger partial charge in [0.05, 0.1) is 5.69 Å². The maximum atomic E-state index is 13.4. The molecule has 0 aliphatic heterocycles. The van der Waals surface area contributed by atoms with Crippen molar-refractivity contribution < 1.29 is 4.39 Å². The normalized spacial score (nSPS) is 9.85. The largest absolute Gasteiger partial charge is 0.357 e. The van der Waals surface area contributed by atoms with Gasteiger partial charge < -0.3 is 5.32 Å². The molecule has 1 aromatic carbocycles. The molecule has 0 aromatic heterocycles. The summed E-state index contributed by atoms with van der Waals surface area (Å²) in [5.74, 6) is -0.222. The Labute approximate surface area is 78.3 Å². The minimum atomic E-state index is -0.222. The number of benzene rings is 1. The van der Waals surface area contributed by atoms with Gasteiger partial charge in [-0.25, -0.2) is 4.39 Å². The summed E-state index contributed by atoms with van der Waals surface area (Å²) in [7, 11) is 0. The highest BCUT2D eigenvalue weighted by atomic mass is 19.1. The predicted octanol–water partition coefficient (Wildman–Crippen LogP) is 3.39. The van der Waals surface area contributed by atoms with E-state index in [2.05, 4.69) is 11.9 Å². The highest BCUT2D eigenvalue weighted by Crippen LogP contribution is 2.22. The molecule has 70 valence electrons. The zero-order chi connectivity index (χ0) is 10.0. The van der Waals surface area contributed by atoms with Crippen LogP contribution < -0.4 is 5.32 Å². The van der Waals surface area contributed by atoms with Crippen molar-refractivity contribution in [2.75, 3.05) is 5.32 Å². The number of nitrogens with one attached hydrogen (secondary N) is 1. The minimum Gasteiger partial charge on any atom is -0.357 e. The monoisotopic (exact) mass is 179 g/mol. The number of rotatable bonds is 2. The van der Waals surface area contributed by atoms with Crippen LogP contribution in [0.3, 0.4) is 0 Å². The maximum absolute atomic E-state index is 13.4. The molecule has 1 aromatic rings. The van der Waals surface area contributed by atoms with Crippen LogP contribution in [0.4, 0.5) is 10.1 Å². The summed E-state index contributed by atoms with van der Waals surface area (Å²) in [6, 6.07) is 3.45. The Hall–Kier alpha value is -1.31. The minimum absolute atomic E-state index is 0.222. The fourth-order valence-electron chi connectivity index (χ4n) is 1.29. The van der Waals surface area contributed by atoms with Crippen molar-refractivity contribution >= 4 is 5.69 Å². The van der Waals surface area contributed by atoms with Crippen LogP contribution in [0.1, 0.15) is 18.1 Å². The van der Waals surface area contributed by atoms with Crippen molar-refractivity contribution in [1.82, 2.24) is 0 Å². The van der Waals surface area contributed by atoms with Crippen LogP contribution in [0.2, 0.25) is 0 Å². The van der Waals surface area contributed by atoms with Crippen LogP contribution >= 0.6 is 0 Å². The fraction of sp³-hybridized carbons (Fsp3) is 0.273. The lowest BCUT2D eigenvalue weighted by Crippen LogP contribution is -1.99. The summed E-state index contributed by atoms with van der Waals surface area (Å²) < 4.78 is 13.4. The van der Waals surface area contributed by atoms with Crippen LogP contribution in [-0.4, -0.2) is 0 Å². The van der Waals surface area contributed by atoms with Gasteiger partial charge >= 0.3 is 0 Å². The Morgan fingerprint density at radius 3 is 2.46 bits per heavy atom. The van der Waals surface area contributed by atoms with Gasteiger partial charge in [0.1, 0.15) is 5.82 Å². The number of aryl methyl sites for hydroxylation is 2. The summed E-state index contributed by atoms with van der Waals surface area (Å²) in [5, 5.41) is 2.90. The Morgan fingerprint density at radius 1 is 1.38 bits per heavy atom. The molecule has 1 nitrogen and oxygen atoms in total. The van der Waals surface area contributed by atoms with E-state index in [1.165, 1.54) is 6.07 Å². The first kappa shape index (κ1) is 9.78. The second-order valence-electron chi connectivity index (χ2n) is 3.34. The first-order chi connectivity index (χ1) is 6.00. The van der Waals surface area contributed by atoms with Gasteiger partial charge in [0.25, 0.3) is 0 Å². The van der Waals surface area contributed by atoms with Gasteiger partial charge in [-0.1, -0.05) is 12.6 Å². The second-order valence-corrected chi connectivity index (χ2v) is 3.34. The molecule has 0 aliphatic rings. The fourth-order valence-corrected chi connectivity index (χ4v) is 1.29. The Balaban J connectivity index is 3.13. The molecule has 13 heavy (non-hydrogen) atoms.